The SMILES string of the molecule is Cc1cccc(N2CCN(c3ccc(C(=O)O)cc3NC(=O)c3cccs3)CC2C)c1.O=C(O)C(F)(F)F. The van der Waals surface area contributed by atoms with E-state index in [9.17, 15) is 27.9 Å². The van der Waals surface area contributed by atoms with Crippen LogP contribution < -0.4 is 15.1 Å². The first-order valence-electron chi connectivity index (χ1n) is 11.5. The number of anilines is 3. The molecule has 1 aromatic heterocycles. The van der Waals surface area contributed by atoms with Crippen LogP contribution in [0.2, 0.25) is 0 Å². The van der Waals surface area contributed by atoms with Crippen LogP contribution in [0.3, 0.4) is 0 Å². The van der Waals surface area contributed by atoms with E-state index in [-0.39, 0.29) is 17.5 Å². The predicted octanol–water partition coefficient (Wildman–Crippen LogP) is 5.36. The topological polar surface area (TPSA) is 110 Å². The Morgan fingerprint density at radius 2 is 1.74 bits per heavy atom. The van der Waals surface area contributed by atoms with E-state index in [1.807, 2.05) is 11.4 Å². The third-order valence-electron chi connectivity index (χ3n) is 5.78. The quantitative estimate of drug-likeness (QED) is 0.393. The molecule has 1 saturated heterocycles. The summed E-state index contributed by atoms with van der Waals surface area (Å²) in [6.45, 7) is 6.65. The maximum atomic E-state index is 12.6. The first-order valence-corrected chi connectivity index (χ1v) is 12.4. The second kappa shape index (κ2) is 12.0. The molecule has 1 aliphatic heterocycles. The molecule has 3 N–H and O–H groups in total. The summed E-state index contributed by atoms with van der Waals surface area (Å²) < 4.78 is 31.7. The molecule has 8 nitrogen and oxygen atoms in total. The van der Waals surface area contributed by atoms with Crippen molar-refractivity contribution in [1.29, 1.82) is 0 Å². The van der Waals surface area contributed by atoms with Gasteiger partial charge in [-0.05, 0) is 61.2 Å². The van der Waals surface area contributed by atoms with Crippen molar-refractivity contribution in [1.82, 2.24) is 0 Å². The zero-order valence-electron chi connectivity index (χ0n) is 20.5. The van der Waals surface area contributed by atoms with Gasteiger partial charge in [-0.15, -0.1) is 11.3 Å². The van der Waals surface area contributed by atoms with E-state index < -0.39 is 18.1 Å². The van der Waals surface area contributed by atoms with Gasteiger partial charge < -0.3 is 25.3 Å². The summed E-state index contributed by atoms with van der Waals surface area (Å²) in [4.78, 5) is 38.2. The number of aromatic carboxylic acids is 1. The van der Waals surface area contributed by atoms with Crippen LogP contribution in [0.4, 0.5) is 30.2 Å². The summed E-state index contributed by atoms with van der Waals surface area (Å²) in [5, 5.41) is 21.3. The number of benzene rings is 2. The molecule has 38 heavy (non-hydrogen) atoms. The second-order valence-corrected chi connectivity index (χ2v) is 9.55. The number of aryl methyl sites for hydroxylation is 1. The number of hydrogen-bond donors (Lipinski definition) is 3. The van der Waals surface area contributed by atoms with Crippen molar-refractivity contribution in [2.24, 2.45) is 0 Å². The van der Waals surface area contributed by atoms with Gasteiger partial charge in [-0.1, -0.05) is 18.2 Å². The van der Waals surface area contributed by atoms with Crippen LogP contribution in [0.25, 0.3) is 0 Å². The van der Waals surface area contributed by atoms with Gasteiger partial charge in [0.15, 0.2) is 0 Å². The minimum atomic E-state index is -5.08. The standard InChI is InChI=1S/C24H25N3O3S.C2HF3O2/c1-16-5-3-6-19(13-16)27-11-10-26(15-17(27)2)21-9-8-18(24(29)30)14-20(21)25-23(28)22-7-4-12-31-22;3-2(4,5)1(6)7/h3-9,12-14,17H,10-11,15H2,1-2H3,(H,25,28)(H,29,30);(H,6,7). The molecule has 0 aliphatic carbocycles. The van der Waals surface area contributed by atoms with Gasteiger partial charge in [0, 0.05) is 31.4 Å². The number of piperazine rings is 1. The van der Waals surface area contributed by atoms with Crippen molar-refractivity contribution in [3.63, 3.8) is 0 Å². The number of rotatable bonds is 5. The predicted molar refractivity (Wildman–Crippen MR) is 140 cm³/mol. The number of thiophene rings is 1. The molecule has 1 unspecified atom stereocenters. The van der Waals surface area contributed by atoms with E-state index in [4.69, 9.17) is 9.90 Å². The molecule has 0 radical (unpaired) electrons. The highest BCUT2D eigenvalue weighted by Crippen LogP contribution is 2.31. The lowest BCUT2D eigenvalue weighted by molar-refractivity contribution is -0.192. The molecule has 12 heteroatoms. The number of amides is 1. The van der Waals surface area contributed by atoms with Gasteiger partial charge in [-0.2, -0.15) is 13.2 Å². The van der Waals surface area contributed by atoms with Crippen LogP contribution in [0.1, 0.15) is 32.5 Å². The van der Waals surface area contributed by atoms with Crippen LogP contribution in [-0.2, 0) is 4.79 Å². The Morgan fingerprint density at radius 1 is 1.03 bits per heavy atom. The zero-order chi connectivity index (χ0) is 28.0. The Balaban J connectivity index is 0.000000505. The van der Waals surface area contributed by atoms with E-state index in [1.165, 1.54) is 22.6 Å². The minimum absolute atomic E-state index is 0.150. The van der Waals surface area contributed by atoms with E-state index in [0.29, 0.717) is 10.6 Å². The second-order valence-electron chi connectivity index (χ2n) is 8.60. The van der Waals surface area contributed by atoms with Crippen molar-refractivity contribution in [2.75, 3.05) is 34.8 Å². The molecule has 1 fully saturated rings. The van der Waals surface area contributed by atoms with Crippen LogP contribution >= 0.6 is 11.3 Å². The van der Waals surface area contributed by atoms with Crippen LogP contribution in [0.15, 0.2) is 60.0 Å². The Morgan fingerprint density at radius 3 is 2.29 bits per heavy atom. The molecule has 1 atom stereocenters. The summed E-state index contributed by atoms with van der Waals surface area (Å²) >= 11 is 1.35. The van der Waals surface area contributed by atoms with Crippen LogP contribution in [0, 0.1) is 6.92 Å². The number of hydrogen-bond acceptors (Lipinski definition) is 6. The molecule has 4 rings (SSSR count). The first-order chi connectivity index (χ1) is 17.9. The van der Waals surface area contributed by atoms with Crippen molar-refractivity contribution in [3.05, 3.63) is 76.0 Å². The Kier molecular flexibility index (Phi) is 9.00. The fourth-order valence-electron chi connectivity index (χ4n) is 4.00. The van der Waals surface area contributed by atoms with Crippen LogP contribution in [0.5, 0.6) is 0 Å². The first kappa shape index (κ1) is 28.5. The summed E-state index contributed by atoms with van der Waals surface area (Å²) in [6.07, 6.45) is -5.08. The molecule has 3 aromatic rings. The van der Waals surface area contributed by atoms with Crippen molar-refractivity contribution < 1.29 is 37.8 Å². The molecule has 0 bridgehead atoms. The number of aliphatic carboxylic acids is 1. The van der Waals surface area contributed by atoms with E-state index in [0.717, 1.165) is 25.3 Å². The molecule has 2 aromatic carbocycles. The highest BCUT2D eigenvalue weighted by Gasteiger charge is 2.38. The van der Waals surface area contributed by atoms with E-state index >= 15 is 0 Å². The molecule has 202 valence electrons. The highest BCUT2D eigenvalue weighted by atomic mass is 32.1. The van der Waals surface area contributed by atoms with Gasteiger partial charge in [0.1, 0.15) is 0 Å². The number of carboxylic acids is 2. The minimum Gasteiger partial charge on any atom is -0.478 e. The lowest BCUT2D eigenvalue weighted by atomic mass is 10.1. The van der Waals surface area contributed by atoms with E-state index in [2.05, 4.69) is 53.2 Å². The fraction of sp³-hybridized carbons (Fsp3) is 0.269. The number of carbonyl (C=O) groups excluding carboxylic acids is 1. The normalized spacial score (nSPS) is 15.3. The van der Waals surface area contributed by atoms with Crippen molar-refractivity contribution >= 4 is 46.2 Å². The van der Waals surface area contributed by atoms with Gasteiger partial charge in [-0.25, -0.2) is 9.59 Å². The largest absolute Gasteiger partial charge is 0.490 e. The zero-order valence-corrected chi connectivity index (χ0v) is 21.3. The monoisotopic (exact) mass is 549 g/mol. The van der Waals surface area contributed by atoms with Gasteiger partial charge in [0.05, 0.1) is 21.8 Å². The number of nitrogens with zero attached hydrogens (tertiary/aromatic N) is 2. The van der Waals surface area contributed by atoms with Gasteiger partial charge in [-0.3, -0.25) is 4.79 Å². The maximum absolute atomic E-state index is 12.6. The molecule has 1 amide bonds. The average molecular weight is 550 g/mol. The summed E-state index contributed by atoms with van der Waals surface area (Å²) in [5.74, 6) is -4.01. The van der Waals surface area contributed by atoms with E-state index in [1.54, 1.807) is 24.3 Å². The fourth-order valence-corrected chi connectivity index (χ4v) is 4.62. The molecular formula is C26H26F3N3O5S. The van der Waals surface area contributed by atoms with Crippen LogP contribution in [-0.4, -0.2) is 59.9 Å². The summed E-state index contributed by atoms with van der Waals surface area (Å²) in [5.41, 5.74) is 3.95. The summed E-state index contributed by atoms with van der Waals surface area (Å²) in [7, 11) is 0. The Labute approximate surface area is 220 Å². The van der Waals surface area contributed by atoms with Gasteiger partial charge >= 0.3 is 18.1 Å². The molecule has 2 heterocycles. The number of alkyl halides is 3. The number of halogens is 3. The number of carboxylic acid groups (broad SMARTS) is 2. The molecular weight excluding hydrogens is 523 g/mol. The molecule has 0 spiro atoms. The Bertz CT molecular complexity index is 1300. The summed E-state index contributed by atoms with van der Waals surface area (Å²) in [6, 6.07) is 17.3. The number of carbonyl (C=O) groups is 3. The average Bonchev–Trinajstić information content (AvgIpc) is 3.39. The van der Waals surface area contributed by atoms with Gasteiger partial charge in [0.2, 0.25) is 0 Å². The number of nitrogens with one attached hydrogen (secondary N) is 1. The maximum Gasteiger partial charge on any atom is 0.490 e. The van der Waals surface area contributed by atoms with Crippen molar-refractivity contribution in [3.8, 4) is 0 Å². The Hall–Kier alpha value is -4.06. The molecule has 0 saturated carbocycles. The third-order valence-corrected chi connectivity index (χ3v) is 6.65. The lowest BCUT2D eigenvalue weighted by Crippen LogP contribution is -2.52. The van der Waals surface area contributed by atoms with Crippen molar-refractivity contribution in [2.45, 2.75) is 26.1 Å². The smallest absolute Gasteiger partial charge is 0.478 e. The molecule has 1 aliphatic rings. The lowest BCUT2D eigenvalue weighted by Gasteiger charge is -2.43. The third kappa shape index (κ3) is 7.25. The van der Waals surface area contributed by atoms with Gasteiger partial charge in [0.25, 0.3) is 5.91 Å². The highest BCUT2D eigenvalue weighted by molar-refractivity contribution is 7.12.